The first-order valence-corrected chi connectivity index (χ1v) is 14.3. The van der Waals surface area contributed by atoms with Crippen LogP contribution in [-0.4, -0.2) is 70.8 Å². The molecule has 236 valence electrons. The summed E-state index contributed by atoms with van der Waals surface area (Å²) in [5, 5.41) is 19.9. The molecule has 0 aromatic heterocycles. The van der Waals surface area contributed by atoms with E-state index in [1.165, 1.54) is 0 Å². The van der Waals surface area contributed by atoms with Gasteiger partial charge < -0.3 is 37.8 Å². The molecule has 5 amide bonds. The zero-order valence-electron chi connectivity index (χ0n) is 25.8. The zero-order chi connectivity index (χ0) is 32.0. The quantitative estimate of drug-likeness (QED) is 0.112. The lowest BCUT2D eigenvalue weighted by Gasteiger charge is -2.28. The molecule has 41 heavy (non-hydrogen) atoms. The van der Waals surface area contributed by atoms with Crippen molar-refractivity contribution in [1.82, 2.24) is 21.3 Å². The molecule has 13 nitrogen and oxygen atoms in total. The van der Waals surface area contributed by atoms with E-state index in [4.69, 9.17) is 11.5 Å². The SMILES string of the molecule is CC(C)C[C@H](NC(=O)[C@H](CC(C)C)NC(=O)[C@H](CCC(N)=O)NC(=O)[C@@H](NC(=O)[C@@H](N)CC(C)C)C(C)C)C(=O)O. The molecule has 0 spiro atoms. The molecule has 0 aliphatic rings. The second kappa shape index (κ2) is 18.3. The molecule has 13 heteroatoms. The van der Waals surface area contributed by atoms with Crippen molar-refractivity contribution in [1.29, 1.82) is 0 Å². The summed E-state index contributed by atoms with van der Waals surface area (Å²) in [6.45, 7) is 14.6. The van der Waals surface area contributed by atoms with E-state index in [9.17, 15) is 33.9 Å². The molecular formula is C28H52N6O7. The maximum atomic E-state index is 13.3. The number of carboxylic acid groups (broad SMARTS) is 1. The minimum Gasteiger partial charge on any atom is -0.480 e. The van der Waals surface area contributed by atoms with Gasteiger partial charge in [0.1, 0.15) is 24.2 Å². The monoisotopic (exact) mass is 584 g/mol. The van der Waals surface area contributed by atoms with Crippen molar-refractivity contribution in [2.45, 2.75) is 118 Å². The molecule has 9 N–H and O–H groups in total. The first kappa shape index (κ1) is 37.8. The fourth-order valence-corrected chi connectivity index (χ4v) is 4.17. The van der Waals surface area contributed by atoms with E-state index in [0.29, 0.717) is 6.42 Å². The van der Waals surface area contributed by atoms with Gasteiger partial charge in [0.2, 0.25) is 29.5 Å². The standard InChI is InChI=1S/C28H52N6O7/c1-14(2)11-18(29)24(36)34-23(17(7)8)27(39)31-19(9-10-22(30)35)25(37)32-20(12-15(3)4)26(38)33-21(28(40)41)13-16(5)6/h14-21,23H,9-13,29H2,1-8H3,(H2,30,35)(H,31,39)(H,32,37)(H,33,38)(H,34,36)(H,40,41)/t18-,19-,20-,21-,23-/m0/s1. The molecule has 0 radical (unpaired) electrons. The van der Waals surface area contributed by atoms with E-state index in [1.807, 2.05) is 41.5 Å². The number of carbonyl (C=O) groups excluding carboxylic acids is 5. The smallest absolute Gasteiger partial charge is 0.326 e. The van der Waals surface area contributed by atoms with E-state index in [1.54, 1.807) is 13.8 Å². The summed E-state index contributed by atoms with van der Waals surface area (Å²) >= 11 is 0. The fraction of sp³-hybridized carbons (Fsp3) is 0.786. The largest absolute Gasteiger partial charge is 0.480 e. The summed E-state index contributed by atoms with van der Waals surface area (Å²) in [5.41, 5.74) is 11.2. The highest BCUT2D eigenvalue weighted by atomic mass is 16.4. The Hall–Kier alpha value is -3.22. The molecule has 0 rings (SSSR count). The van der Waals surface area contributed by atoms with E-state index in [0.717, 1.165) is 0 Å². The molecule has 0 aromatic carbocycles. The third-order valence-corrected chi connectivity index (χ3v) is 6.28. The Morgan fingerprint density at radius 2 is 1.05 bits per heavy atom. The van der Waals surface area contributed by atoms with Gasteiger partial charge in [0.25, 0.3) is 0 Å². The number of carboxylic acids is 1. The summed E-state index contributed by atoms with van der Waals surface area (Å²) < 4.78 is 0. The van der Waals surface area contributed by atoms with Crippen LogP contribution < -0.4 is 32.7 Å². The fourth-order valence-electron chi connectivity index (χ4n) is 4.17. The average molecular weight is 585 g/mol. The van der Waals surface area contributed by atoms with Crippen LogP contribution in [0.2, 0.25) is 0 Å². The number of hydrogen-bond donors (Lipinski definition) is 7. The third kappa shape index (κ3) is 15.4. The predicted octanol–water partition coefficient (Wildman–Crippen LogP) is 0.397. The molecule has 0 bridgehead atoms. The topological polar surface area (TPSA) is 223 Å². The molecule has 0 aliphatic carbocycles. The van der Waals surface area contributed by atoms with Gasteiger partial charge in [-0.05, 0) is 49.4 Å². The highest BCUT2D eigenvalue weighted by Gasteiger charge is 2.33. The van der Waals surface area contributed by atoms with Gasteiger partial charge in [0, 0.05) is 6.42 Å². The van der Waals surface area contributed by atoms with Gasteiger partial charge in [0.05, 0.1) is 6.04 Å². The van der Waals surface area contributed by atoms with Gasteiger partial charge in [-0.15, -0.1) is 0 Å². The molecule has 0 fully saturated rings. The number of primary amides is 1. The average Bonchev–Trinajstić information content (AvgIpc) is 2.82. The van der Waals surface area contributed by atoms with Crippen LogP contribution in [0.1, 0.15) is 87.5 Å². The van der Waals surface area contributed by atoms with Crippen LogP contribution in [-0.2, 0) is 28.8 Å². The van der Waals surface area contributed by atoms with Crippen molar-refractivity contribution in [3.8, 4) is 0 Å². The molecule has 0 heterocycles. The third-order valence-electron chi connectivity index (χ3n) is 6.28. The molecule has 0 saturated carbocycles. The van der Waals surface area contributed by atoms with E-state index < -0.39 is 65.7 Å². The summed E-state index contributed by atoms with van der Waals surface area (Å²) in [5.74, 6) is -4.73. The Labute approximate surface area is 243 Å². The Morgan fingerprint density at radius 1 is 0.610 bits per heavy atom. The van der Waals surface area contributed by atoms with Gasteiger partial charge in [-0.25, -0.2) is 4.79 Å². The maximum absolute atomic E-state index is 13.3. The van der Waals surface area contributed by atoms with Crippen LogP contribution in [0, 0.1) is 23.7 Å². The summed E-state index contributed by atoms with van der Waals surface area (Å²) in [4.78, 5) is 75.4. The minimum atomic E-state index is -1.26. The Kier molecular flexibility index (Phi) is 16.8. The number of amides is 5. The first-order chi connectivity index (χ1) is 18.8. The number of nitrogens with two attached hydrogens (primary N) is 2. The Morgan fingerprint density at radius 3 is 1.49 bits per heavy atom. The molecular weight excluding hydrogens is 532 g/mol. The highest BCUT2D eigenvalue weighted by Crippen LogP contribution is 2.11. The van der Waals surface area contributed by atoms with Gasteiger partial charge in [-0.3, -0.25) is 24.0 Å². The van der Waals surface area contributed by atoms with E-state index in [2.05, 4.69) is 21.3 Å². The second-order valence-corrected chi connectivity index (χ2v) is 12.3. The summed E-state index contributed by atoms with van der Waals surface area (Å²) in [6, 6.07) is -5.34. The van der Waals surface area contributed by atoms with Crippen LogP contribution in [0.5, 0.6) is 0 Å². The maximum Gasteiger partial charge on any atom is 0.326 e. The van der Waals surface area contributed by atoms with Crippen molar-refractivity contribution in [3.05, 3.63) is 0 Å². The van der Waals surface area contributed by atoms with Gasteiger partial charge in [0.15, 0.2) is 0 Å². The normalized spacial score (nSPS) is 15.1. The van der Waals surface area contributed by atoms with Crippen LogP contribution in [0.4, 0.5) is 0 Å². The molecule has 0 aliphatic heterocycles. The van der Waals surface area contributed by atoms with Crippen molar-refractivity contribution in [3.63, 3.8) is 0 Å². The van der Waals surface area contributed by atoms with Crippen LogP contribution in [0.25, 0.3) is 0 Å². The summed E-state index contributed by atoms with van der Waals surface area (Å²) in [6.07, 6.45) is 0.429. The first-order valence-electron chi connectivity index (χ1n) is 14.3. The lowest BCUT2D eigenvalue weighted by molar-refractivity contribution is -0.143. The van der Waals surface area contributed by atoms with E-state index in [-0.39, 0.29) is 49.4 Å². The predicted molar refractivity (Wildman–Crippen MR) is 155 cm³/mol. The van der Waals surface area contributed by atoms with Crippen LogP contribution >= 0.6 is 0 Å². The lowest BCUT2D eigenvalue weighted by atomic mass is 9.99. The Bertz CT molecular complexity index is 906. The van der Waals surface area contributed by atoms with Crippen molar-refractivity contribution in [2.24, 2.45) is 35.1 Å². The van der Waals surface area contributed by atoms with Crippen LogP contribution in [0.3, 0.4) is 0 Å². The number of aliphatic carboxylic acids is 1. The number of nitrogens with one attached hydrogen (secondary N) is 4. The van der Waals surface area contributed by atoms with E-state index >= 15 is 0 Å². The van der Waals surface area contributed by atoms with Gasteiger partial charge in [-0.2, -0.15) is 0 Å². The number of hydrogen-bond acceptors (Lipinski definition) is 7. The number of rotatable bonds is 19. The number of carbonyl (C=O) groups is 6. The van der Waals surface area contributed by atoms with Crippen LogP contribution in [0.15, 0.2) is 0 Å². The molecule has 0 saturated heterocycles. The highest BCUT2D eigenvalue weighted by molar-refractivity contribution is 5.95. The molecule has 0 unspecified atom stereocenters. The van der Waals surface area contributed by atoms with Gasteiger partial charge in [-0.1, -0.05) is 55.4 Å². The second-order valence-electron chi connectivity index (χ2n) is 12.3. The van der Waals surface area contributed by atoms with Crippen molar-refractivity contribution < 1.29 is 33.9 Å². The minimum absolute atomic E-state index is 0.00255. The lowest BCUT2D eigenvalue weighted by Crippen LogP contribution is -2.59. The molecule has 5 atom stereocenters. The zero-order valence-corrected chi connectivity index (χ0v) is 25.8. The summed E-state index contributed by atoms with van der Waals surface area (Å²) in [7, 11) is 0. The van der Waals surface area contributed by atoms with Crippen molar-refractivity contribution >= 4 is 35.5 Å². The van der Waals surface area contributed by atoms with Gasteiger partial charge >= 0.3 is 5.97 Å². The Balaban J connectivity index is 5.88. The van der Waals surface area contributed by atoms with Crippen molar-refractivity contribution in [2.75, 3.05) is 0 Å². The molecule has 0 aromatic rings.